The average molecular weight is 322 g/mol. The van der Waals surface area contributed by atoms with Crippen LogP contribution in [0.5, 0.6) is 5.75 Å². The molecule has 1 aromatic rings. The third kappa shape index (κ3) is 3.36. The van der Waals surface area contributed by atoms with Gasteiger partial charge in [0.15, 0.2) is 0 Å². The molecule has 0 saturated carbocycles. The molecule has 0 saturated heterocycles. The first-order valence-electron chi connectivity index (χ1n) is 6.76. The molecule has 0 spiro atoms. The smallest absolute Gasteiger partial charge is 0.344 e. The molecule has 0 heterocycles. The van der Waals surface area contributed by atoms with Gasteiger partial charge < -0.3 is 4.74 Å². The number of carbonyl (C=O) groups is 1. The molecule has 1 atom stereocenters. The molecule has 0 radical (unpaired) electrons. The van der Waals surface area contributed by atoms with Crippen molar-refractivity contribution in [1.82, 2.24) is 0 Å². The minimum atomic E-state index is -4.00. The van der Waals surface area contributed by atoms with Crippen molar-refractivity contribution in [3.05, 3.63) is 23.3 Å². The Morgan fingerprint density at radius 3 is 2.14 bits per heavy atom. The van der Waals surface area contributed by atoms with Gasteiger partial charge in [0.05, 0.1) is 7.11 Å². The van der Waals surface area contributed by atoms with Gasteiger partial charge in [-0.1, -0.05) is 27.7 Å². The van der Waals surface area contributed by atoms with Crippen LogP contribution in [0.4, 0.5) is 13.2 Å². The number of methoxy groups -OCH3 is 1. The van der Waals surface area contributed by atoms with Gasteiger partial charge in [-0.2, -0.15) is 8.78 Å². The molecule has 120 valence electrons. The molecule has 1 aromatic carbocycles. The minimum Gasteiger partial charge on any atom is -0.496 e. The van der Waals surface area contributed by atoms with E-state index >= 15 is 0 Å². The molecule has 0 N–H and O–H groups in total. The highest BCUT2D eigenvalue weighted by atomic mass is 32.2. The van der Waals surface area contributed by atoms with Gasteiger partial charge in [-0.15, -0.1) is 11.8 Å². The van der Waals surface area contributed by atoms with Crippen molar-refractivity contribution in [2.45, 2.75) is 44.7 Å². The fraction of sp³-hybridized carbons (Fsp3) is 0.533. The highest BCUT2D eigenvalue weighted by Crippen LogP contribution is 2.51. The SMILES string of the molecule is CC.CC.COc1ccc(SC)c2c1C(F)C(F)(F)C2=O. The Balaban J connectivity index is 0.000000921. The predicted molar refractivity (Wildman–Crippen MR) is 80.6 cm³/mol. The van der Waals surface area contributed by atoms with Crippen LogP contribution in [-0.2, 0) is 0 Å². The molecule has 1 unspecified atom stereocenters. The number of halogens is 3. The van der Waals surface area contributed by atoms with Gasteiger partial charge >= 0.3 is 5.92 Å². The number of fused-ring (bicyclic) bond motifs is 1. The second-order valence-corrected chi connectivity index (χ2v) is 4.42. The van der Waals surface area contributed by atoms with Gasteiger partial charge in [0.2, 0.25) is 12.0 Å². The number of alkyl halides is 3. The molecule has 0 bridgehead atoms. The highest BCUT2D eigenvalue weighted by molar-refractivity contribution is 7.98. The number of ketones is 1. The molecule has 2 nitrogen and oxygen atoms in total. The fourth-order valence-electron chi connectivity index (χ4n) is 1.88. The van der Waals surface area contributed by atoms with E-state index in [0.717, 1.165) is 11.8 Å². The molecule has 1 aliphatic rings. The lowest BCUT2D eigenvalue weighted by Gasteiger charge is -2.11. The van der Waals surface area contributed by atoms with E-state index in [2.05, 4.69) is 0 Å². The van der Waals surface area contributed by atoms with Gasteiger partial charge in [-0.25, -0.2) is 4.39 Å². The van der Waals surface area contributed by atoms with Crippen LogP contribution in [0.2, 0.25) is 0 Å². The summed E-state index contributed by atoms with van der Waals surface area (Å²) in [7, 11) is 1.25. The molecular formula is C15H21F3O2S. The summed E-state index contributed by atoms with van der Waals surface area (Å²) in [5.74, 6) is -5.49. The molecule has 0 aromatic heterocycles. The number of ether oxygens (including phenoxy) is 1. The summed E-state index contributed by atoms with van der Waals surface area (Å²) in [5.41, 5.74) is -0.594. The number of rotatable bonds is 2. The summed E-state index contributed by atoms with van der Waals surface area (Å²) >= 11 is 1.12. The number of thioether (sulfide) groups is 1. The topological polar surface area (TPSA) is 26.3 Å². The van der Waals surface area contributed by atoms with E-state index < -0.39 is 17.9 Å². The zero-order chi connectivity index (χ0) is 16.8. The molecule has 2 rings (SSSR count). The van der Waals surface area contributed by atoms with Crippen molar-refractivity contribution in [2.75, 3.05) is 13.4 Å². The van der Waals surface area contributed by atoms with Crippen molar-refractivity contribution < 1.29 is 22.7 Å². The van der Waals surface area contributed by atoms with Crippen molar-refractivity contribution in [3.8, 4) is 5.75 Å². The second-order valence-electron chi connectivity index (χ2n) is 3.57. The Kier molecular flexibility index (Phi) is 7.85. The Labute approximate surface area is 128 Å². The largest absolute Gasteiger partial charge is 0.496 e. The Morgan fingerprint density at radius 2 is 1.71 bits per heavy atom. The molecule has 21 heavy (non-hydrogen) atoms. The Morgan fingerprint density at radius 1 is 1.19 bits per heavy atom. The summed E-state index contributed by atoms with van der Waals surface area (Å²) in [6, 6.07) is 2.88. The van der Waals surface area contributed by atoms with E-state index in [1.807, 2.05) is 27.7 Å². The quantitative estimate of drug-likeness (QED) is 0.690. The van der Waals surface area contributed by atoms with Crippen LogP contribution in [0.1, 0.15) is 49.8 Å². The number of carbonyl (C=O) groups excluding carboxylic acids is 1. The van der Waals surface area contributed by atoms with Gasteiger partial charge in [0, 0.05) is 16.0 Å². The standard InChI is InChI=1S/C11H9F3O2S.2C2H6/c1-16-5-3-4-6(17-2)8-7(5)9(12)11(13,14)10(8)15;2*1-2/h3-4,9H,1-2H3;2*1-2H3. The Hall–Kier alpha value is -1.17. The van der Waals surface area contributed by atoms with Crippen LogP contribution in [-0.4, -0.2) is 25.1 Å². The zero-order valence-electron chi connectivity index (χ0n) is 13.1. The molecular weight excluding hydrogens is 301 g/mol. The summed E-state index contributed by atoms with van der Waals surface area (Å²) < 4.78 is 45.2. The predicted octanol–water partition coefficient (Wildman–Crippen LogP) is 5.31. The third-order valence-corrected chi connectivity index (χ3v) is 3.49. The molecule has 1 aliphatic carbocycles. The first kappa shape index (κ1) is 19.8. The van der Waals surface area contributed by atoms with Crippen molar-refractivity contribution in [1.29, 1.82) is 0 Å². The lowest BCUT2D eigenvalue weighted by Crippen LogP contribution is -2.26. The van der Waals surface area contributed by atoms with E-state index in [1.54, 1.807) is 6.26 Å². The van der Waals surface area contributed by atoms with E-state index in [9.17, 15) is 18.0 Å². The van der Waals surface area contributed by atoms with Crippen LogP contribution in [0.15, 0.2) is 17.0 Å². The number of hydrogen-bond acceptors (Lipinski definition) is 3. The summed E-state index contributed by atoms with van der Waals surface area (Å²) in [4.78, 5) is 11.9. The first-order chi connectivity index (χ1) is 9.95. The molecule has 6 heteroatoms. The number of Topliss-reactive ketones (excluding diaryl/α,β-unsaturated/α-hetero) is 1. The van der Waals surface area contributed by atoms with Crippen LogP contribution in [0, 0.1) is 0 Å². The highest BCUT2D eigenvalue weighted by Gasteiger charge is 2.58. The molecule has 0 aliphatic heterocycles. The monoisotopic (exact) mass is 322 g/mol. The van der Waals surface area contributed by atoms with Crippen LogP contribution < -0.4 is 4.74 Å². The number of hydrogen-bond donors (Lipinski definition) is 0. The van der Waals surface area contributed by atoms with Crippen molar-refractivity contribution >= 4 is 17.5 Å². The van der Waals surface area contributed by atoms with Crippen molar-refractivity contribution in [2.24, 2.45) is 0 Å². The minimum absolute atomic E-state index is 0.0178. The van der Waals surface area contributed by atoms with Gasteiger partial charge in [-0.05, 0) is 18.4 Å². The second kappa shape index (κ2) is 8.32. The number of benzene rings is 1. The van der Waals surface area contributed by atoms with E-state index in [-0.39, 0.29) is 16.9 Å². The van der Waals surface area contributed by atoms with E-state index in [0.29, 0.717) is 4.90 Å². The van der Waals surface area contributed by atoms with Gasteiger partial charge in [0.1, 0.15) is 5.75 Å². The molecule has 0 amide bonds. The third-order valence-electron chi connectivity index (χ3n) is 2.71. The lowest BCUT2D eigenvalue weighted by molar-refractivity contribution is -0.0369. The summed E-state index contributed by atoms with van der Waals surface area (Å²) in [6.45, 7) is 8.00. The van der Waals surface area contributed by atoms with Crippen LogP contribution in [0.3, 0.4) is 0 Å². The van der Waals surface area contributed by atoms with E-state index in [4.69, 9.17) is 4.74 Å². The normalized spacial score (nSPS) is 18.0. The molecule has 0 fully saturated rings. The lowest BCUT2D eigenvalue weighted by atomic mass is 10.1. The van der Waals surface area contributed by atoms with Crippen LogP contribution >= 0.6 is 11.8 Å². The van der Waals surface area contributed by atoms with Crippen LogP contribution in [0.25, 0.3) is 0 Å². The summed E-state index contributed by atoms with van der Waals surface area (Å²) in [5, 5.41) is 0. The first-order valence-corrected chi connectivity index (χ1v) is 7.99. The Bertz CT molecular complexity index is 490. The van der Waals surface area contributed by atoms with Gasteiger partial charge in [0.25, 0.3) is 0 Å². The fourth-order valence-corrected chi connectivity index (χ4v) is 2.49. The van der Waals surface area contributed by atoms with E-state index in [1.165, 1.54) is 19.2 Å². The maximum atomic E-state index is 13.6. The maximum absolute atomic E-state index is 13.6. The summed E-state index contributed by atoms with van der Waals surface area (Å²) in [6.07, 6.45) is -0.994. The zero-order valence-corrected chi connectivity index (χ0v) is 13.9. The van der Waals surface area contributed by atoms with Gasteiger partial charge in [-0.3, -0.25) is 4.79 Å². The van der Waals surface area contributed by atoms with Crippen molar-refractivity contribution in [3.63, 3.8) is 0 Å². The average Bonchev–Trinajstić information content (AvgIpc) is 2.72. The maximum Gasteiger partial charge on any atom is 0.344 e.